The predicted octanol–water partition coefficient (Wildman–Crippen LogP) is 3.26. The number of methoxy groups -OCH3 is 1. The van der Waals surface area contributed by atoms with Crippen LogP contribution in [0.25, 0.3) is 0 Å². The number of ether oxygens (including phenoxy) is 1. The molecule has 0 bridgehead atoms. The number of anilines is 1. The lowest BCUT2D eigenvalue weighted by molar-refractivity contribution is -0.121. The first-order valence-corrected chi connectivity index (χ1v) is 10.2. The van der Waals surface area contributed by atoms with Crippen molar-refractivity contribution in [2.45, 2.75) is 32.7 Å². The van der Waals surface area contributed by atoms with E-state index in [1.165, 1.54) is 7.11 Å². The molecule has 1 aromatic heterocycles. The molecule has 1 aromatic carbocycles. The molecule has 0 spiro atoms. The second-order valence-corrected chi connectivity index (χ2v) is 7.64. The Bertz CT molecular complexity index is 974. The molecule has 0 atom stereocenters. The summed E-state index contributed by atoms with van der Waals surface area (Å²) in [7, 11) is 1.51. The lowest BCUT2D eigenvalue weighted by Gasteiger charge is -2.31. The number of amides is 2. The normalized spacial score (nSPS) is 14.3. The Morgan fingerprint density at radius 1 is 1.33 bits per heavy atom. The molecule has 1 aliphatic rings. The Labute approximate surface area is 180 Å². The Hall–Kier alpha value is -3.05. The molecule has 1 aliphatic heterocycles. The third-order valence-electron chi connectivity index (χ3n) is 5.13. The molecule has 8 nitrogen and oxygen atoms in total. The van der Waals surface area contributed by atoms with Gasteiger partial charge < -0.3 is 15.0 Å². The summed E-state index contributed by atoms with van der Waals surface area (Å²) >= 11 is 6.04. The van der Waals surface area contributed by atoms with E-state index in [0.717, 1.165) is 5.69 Å². The molecule has 2 aromatic rings. The second kappa shape index (κ2) is 9.63. The smallest absolute Gasteiger partial charge is 0.257 e. The van der Waals surface area contributed by atoms with E-state index >= 15 is 0 Å². The number of nitriles is 1. The number of nitrogens with zero attached hydrogens (tertiary/aromatic N) is 4. The maximum atomic E-state index is 12.9. The highest BCUT2D eigenvalue weighted by Gasteiger charge is 2.29. The summed E-state index contributed by atoms with van der Waals surface area (Å²) in [4.78, 5) is 27.4. The molecule has 9 heteroatoms. The summed E-state index contributed by atoms with van der Waals surface area (Å²) < 4.78 is 6.92. The number of likely N-dealkylation sites (tertiary alicyclic amines) is 1. The van der Waals surface area contributed by atoms with E-state index in [4.69, 9.17) is 21.6 Å². The zero-order chi connectivity index (χ0) is 21.7. The van der Waals surface area contributed by atoms with Crippen LogP contribution in [0.15, 0.2) is 24.3 Å². The van der Waals surface area contributed by atoms with E-state index in [2.05, 4.69) is 16.5 Å². The molecule has 3 rings (SSSR count). The Kier molecular flexibility index (Phi) is 6.95. The third-order valence-corrected chi connectivity index (χ3v) is 5.37. The summed E-state index contributed by atoms with van der Waals surface area (Å²) in [5.74, 6) is 0.620. The van der Waals surface area contributed by atoms with E-state index in [0.29, 0.717) is 61.1 Å². The number of carbonyl (C=O) groups excluding carboxylic acids is 2. The minimum absolute atomic E-state index is 0.0967. The van der Waals surface area contributed by atoms with Crippen molar-refractivity contribution in [3.63, 3.8) is 0 Å². The quantitative estimate of drug-likeness (QED) is 0.759. The van der Waals surface area contributed by atoms with Crippen molar-refractivity contribution in [1.82, 2.24) is 14.7 Å². The molecule has 30 heavy (non-hydrogen) atoms. The number of aromatic nitrogens is 2. The van der Waals surface area contributed by atoms with Gasteiger partial charge in [-0.15, -0.1) is 0 Å². The number of hydrogen-bond donors (Lipinski definition) is 1. The molecule has 0 aliphatic carbocycles. The third kappa shape index (κ3) is 4.92. The summed E-state index contributed by atoms with van der Waals surface area (Å²) in [6.45, 7) is 3.21. The van der Waals surface area contributed by atoms with Crippen LogP contribution in [0.4, 0.5) is 5.82 Å². The van der Waals surface area contributed by atoms with Crippen LogP contribution in [0.3, 0.4) is 0 Å². The van der Waals surface area contributed by atoms with Crippen LogP contribution >= 0.6 is 11.6 Å². The van der Waals surface area contributed by atoms with Gasteiger partial charge in [0.05, 0.1) is 37.4 Å². The van der Waals surface area contributed by atoms with Crippen molar-refractivity contribution in [2.24, 2.45) is 5.92 Å². The number of aryl methyl sites for hydroxylation is 2. The molecule has 2 heterocycles. The molecule has 158 valence electrons. The first-order chi connectivity index (χ1) is 14.4. The predicted molar refractivity (Wildman–Crippen MR) is 112 cm³/mol. The van der Waals surface area contributed by atoms with Gasteiger partial charge in [0, 0.05) is 30.1 Å². The minimum Gasteiger partial charge on any atom is -0.496 e. The number of benzene rings is 1. The fourth-order valence-corrected chi connectivity index (χ4v) is 3.74. The molecule has 1 fully saturated rings. The lowest BCUT2D eigenvalue weighted by Crippen LogP contribution is -2.41. The fraction of sp³-hybridized carbons (Fsp3) is 0.429. The Morgan fingerprint density at radius 3 is 2.73 bits per heavy atom. The molecule has 2 amide bonds. The SMILES string of the molecule is COc1ccc(Cl)cc1C(=O)N1CCC(C(=O)Nc2cc(C)nn2CCC#N)CC1. The van der Waals surface area contributed by atoms with Gasteiger partial charge in [-0.3, -0.25) is 9.59 Å². The number of hydrogen-bond acceptors (Lipinski definition) is 5. The van der Waals surface area contributed by atoms with Crippen LogP contribution in [-0.2, 0) is 11.3 Å². The number of halogens is 1. The molecule has 0 unspecified atom stereocenters. The highest BCUT2D eigenvalue weighted by Crippen LogP contribution is 2.27. The average molecular weight is 430 g/mol. The molecule has 1 N–H and O–H groups in total. The van der Waals surface area contributed by atoms with Gasteiger partial charge in [-0.1, -0.05) is 11.6 Å². The standard InChI is InChI=1S/C21H24ClN5O3/c1-14-12-19(27(25-14)9-3-8-23)24-20(28)15-6-10-26(11-7-15)21(29)17-13-16(22)4-5-18(17)30-2/h4-5,12-13,15H,3,6-7,9-11H2,1-2H3,(H,24,28). The van der Waals surface area contributed by atoms with E-state index in [9.17, 15) is 9.59 Å². The second-order valence-electron chi connectivity index (χ2n) is 7.20. The van der Waals surface area contributed by atoms with Crippen LogP contribution in [0.1, 0.15) is 35.3 Å². The number of carbonyl (C=O) groups is 2. The fourth-order valence-electron chi connectivity index (χ4n) is 3.56. The van der Waals surface area contributed by atoms with Crippen LogP contribution in [0.2, 0.25) is 5.02 Å². The molecule has 1 saturated heterocycles. The maximum absolute atomic E-state index is 12.9. The zero-order valence-corrected chi connectivity index (χ0v) is 17.8. The van der Waals surface area contributed by atoms with Crippen LogP contribution in [0.5, 0.6) is 5.75 Å². The van der Waals surface area contributed by atoms with E-state index in [1.54, 1.807) is 33.8 Å². The number of rotatable bonds is 6. The summed E-state index contributed by atoms with van der Waals surface area (Å²) in [5, 5.41) is 16.5. The Morgan fingerprint density at radius 2 is 2.07 bits per heavy atom. The van der Waals surface area contributed by atoms with Crippen molar-refractivity contribution in [1.29, 1.82) is 5.26 Å². The van der Waals surface area contributed by atoms with Gasteiger partial charge in [-0.2, -0.15) is 10.4 Å². The molecule has 0 saturated carbocycles. The van der Waals surface area contributed by atoms with Crippen LogP contribution < -0.4 is 10.1 Å². The lowest BCUT2D eigenvalue weighted by atomic mass is 9.95. The topological polar surface area (TPSA) is 100 Å². The first-order valence-electron chi connectivity index (χ1n) is 9.78. The highest BCUT2D eigenvalue weighted by molar-refractivity contribution is 6.31. The van der Waals surface area contributed by atoms with Gasteiger partial charge in [0.1, 0.15) is 11.6 Å². The number of piperidine rings is 1. The van der Waals surface area contributed by atoms with Gasteiger partial charge in [-0.05, 0) is 38.0 Å². The van der Waals surface area contributed by atoms with E-state index in [1.807, 2.05) is 6.92 Å². The number of nitrogens with one attached hydrogen (secondary N) is 1. The van der Waals surface area contributed by atoms with Crippen molar-refractivity contribution in [3.8, 4) is 11.8 Å². The average Bonchev–Trinajstić information content (AvgIpc) is 3.10. The monoisotopic (exact) mass is 429 g/mol. The van der Waals surface area contributed by atoms with Crippen LogP contribution in [-0.4, -0.2) is 46.7 Å². The summed E-state index contributed by atoms with van der Waals surface area (Å²) in [6.07, 6.45) is 1.44. The molecular weight excluding hydrogens is 406 g/mol. The zero-order valence-electron chi connectivity index (χ0n) is 17.0. The van der Waals surface area contributed by atoms with Gasteiger partial charge in [0.25, 0.3) is 5.91 Å². The molecular formula is C21H24ClN5O3. The van der Waals surface area contributed by atoms with Crippen molar-refractivity contribution in [2.75, 3.05) is 25.5 Å². The van der Waals surface area contributed by atoms with Crippen LogP contribution in [0, 0.1) is 24.2 Å². The van der Waals surface area contributed by atoms with Gasteiger partial charge in [0.15, 0.2) is 0 Å². The Balaban J connectivity index is 1.61. The van der Waals surface area contributed by atoms with Crippen molar-refractivity contribution in [3.05, 3.63) is 40.5 Å². The minimum atomic E-state index is -0.199. The first kappa shape index (κ1) is 21.7. The van der Waals surface area contributed by atoms with Gasteiger partial charge >= 0.3 is 0 Å². The van der Waals surface area contributed by atoms with Gasteiger partial charge in [0.2, 0.25) is 5.91 Å². The van der Waals surface area contributed by atoms with Gasteiger partial charge in [-0.25, -0.2) is 4.68 Å². The molecule has 0 radical (unpaired) electrons. The van der Waals surface area contributed by atoms with E-state index in [-0.39, 0.29) is 17.7 Å². The summed E-state index contributed by atoms with van der Waals surface area (Å²) in [6, 6.07) is 8.83. The highest BCUT2D eigenvalue weighted by atomic mass is 35.5. The van der Waals surface area contributed by atoms with Crippen molar-refractivity contribution < 1.29 is 14.3 Å². The van der Waals surface area contributed by atoms with Crippen molar-refractivity contribution >= 4 is 29.2 Å². The largest absolute Gasteiger partial charge is 0.496 e. The maximum Gasteiger partial charge on any atom is 0.257 e. The van der Waals surface area contributed by atoms with E-state index < -0.39 is 0 Å². The summed E-state index contributed by atoms with van der Waals surface area (Å²) in [5.41, 5.74) is 1.20.